The van der Waals surface area contributed by atoms with Crippen LogP contribution in [-0.2, 0) is 16.4 Å². The first-order valence-corrected chi connectivity index (χ1v) is 10.3. The number of benzene rings is 2. The van der Waals surface area contributed by atoms with E-state index in [1.54, 1.807) is 0 Å². The minimum absolute atomic E-state index is 0.118. The van der Waals surface area contributed by atoms with Crippen molar-refractivity contribution in [2.75, 3.05) is 36.8 Å². The Bertz CT molecular complexity index is 836. The molecule has 1 fully saturated rings. The molecule has 2 aromatic rings. The molecular weight excluding hydrogens is 358 g/mol. The van der Waals surface area contributed by atoms with Gasteiger partial charge in [-0.3, -0.25) is 0 Å². The number of aryl methyl sites for hydroxylation is 1. The van der Waals surface area contributed by atoms with Gasteiger partial charge in [-0.2, -0.15) is 4.31 Å². The van der Waals surface area contributed by atoms with Crippen LogP contribution < -0.4 is 4.90 Å². The maximum absolute atomic E-state index is 13.4. The summed E-state index contributed by atoms with van der Waals surface area (Å²) in [4.78, 5) is 1.87. The van der Waals surface area contributed by atoms with E-state index in [0.29, 0.717) is 38.3 Å². The van der Waals surface area contributed by atoms with Crippen LogP contribution in [0.4, 0.5) is 14.5 Å². The Morgan fingerprint density at radius 3 is 2.23 bits per heavy atom. The fourth-order valence-electron chi connectivity index (χ4n) is 3.14. The highest BCUT2D eigenvalue weighted by molar-refractivity contribution is 7.89. The van der Waals surface area contributed by atoms with Crippen molar-refractivity contribution in [1.29, 1.82) is 0 Å². The van der Waals surface area contributed by atoms with Gasteiger partial charge in [-0.25, -0.2) is 17.2 Å². The molecule has 26 heavy (non-hydrogen) atoms. The first-order chi connectivity index (χ1) is 12.5. The van der Waals surface area contributed by atoms with Crippen molar-refractivity contribution < 1.29 is 17.2 Å². The second-order valence-corrected chi connectivity index (χ2v) is 8.48. The number of hydrogen-bond donors (Lipinski definition) is 0. The van der Waals surface area contributed by atoms with Crippen molar-refractivity contribution in [3.05, 3.63) is 65.7 Å². The zero-order chi connectivity index (χ0) is 18.6. The first kappa shape index (κ1) is 18.8. The molecule has 1 aliphatic rings. The monoisotopic (exact) mass is 380 g/mol. The van der Waals surface area contributed by atoms with Gasteiger partial charge >= 0.3 is 0 Å². The Kier molecular flexibility index (Phi) is 5.88. The number of hydrogen-bond acceptors (Lipinski definition) is 3. The maximum Gasteiger partial charge on any atom is 0.214 e. The van der Waals surface area contributed by atoms with E-state index < -0.39 is 21.7 Å². The van der Waals surface area contributed by atoms with Crippen molar-refractivity contribution in [2.24, 2.45) is 0 Å². The van der Waals surface area contributed by atoms with Crippen LogP contribution in [0.25, 0.3) is 0 Å². The molecule has 0 aliphatic carbocycles. The average Bonchev–Trinajstić information content (AvgIpc) is 2.65. The van der Waals surface area contributed by atoms with Crippen LogP contribution in [0.1, 0.15) is 12.0 Å². The molecule has 0 saturated carbocycles. The van der Waals surface area contributed by atoms with Gasteiger partial charge in [0.1, 0.15) is 0 Å². The van der Waals surface area contributed by atoms with Gasteiger partial charge in [0, 0.05) is 37.9 Å². The number of rotatable bonds is 6. The highest BCUT2D eigenvalue weighted by Crippen LogP contribution is 2.20. The zero-order valence-corrected chi connectivity index (χ0v) is 15.3. The molecule has 4 nitrogen and oxygen atoms in total. The lowest BCUT2D eigenvalue weighted by molar-refractivity contribution is 0.384. The average molecular weight is 380 g/mol. The summed E-state index contributed by atoms with van der Waals surface area (Å²) in [7, 11) is -3.30. The summed E-state index contributed by atoms with van der Waals surface area (Å²) in [6.45, 7) is 1.63. The van der Waals surface area contributed by atoms with E-state index in [1.165, 1.54) is 10.4 Å². The number of nitrogens with zero attached hydrogens (tertiary/aromatic N) is 2. The third-order valence-corrected chi connectivity index (χ3v) is 6.57. The van der Waals surface area contributed by atoms with E-state index in [2.05, 4.69) is 0 Å². The van der Waals surface area contributed by atoms with Crippen LogP contribution in [0.2, 0.25) is 0 Å². The van der Waals surface area contributed by atoms with Crippen molar-refractivity contribution in [3.63, 3.8) is 0 Å². The lowest BCUT2D eigenvalue weighted by Crippen LogP contribution is -2.49. The predicted octanol–water partition coefficient (Wildman–Crippen LogP) is 3.05. The molecule has 0 bridgehead atoms. The van der Waals surface area contributed by atoms with Crippen LogP contribution in [0.3, 0.4) is 0 Å². The Morgan fingerprint density at radius 2 is 1.58 bits per heavy atom. The molecule has 3 rings (SSSR count). The molecule has 0 radical (unpaired) electrons. The Balaban J connectivity index is 1.52. The fraction of sp³-hybridized carbons (Fsp3) is 0.368. The highest BCUT2D eigenvalue weighted by Gasteiger charge is 2.26. The van der Waals surface area contributed by atoms with Crippen LogP contribution in [0.5, 0.6) is 0 Å². The largest absolute Gasteiger partial charge is 0.369 e. The highest BCUT2D eigenvalue weighted by atomic mass is 32.2. The van der Waals surface area contributed by atoms with E-state index in [1.807, 2.05) is 35.2 Å². The van der Waals surface area contributed by atoms with Crippen LogP contribution in [-0.4, -0.2) is 44.7 Å². The van der Waals surface area contributed by atoms with Gasteiger partial charge in [0.15, 0.2) is 11.6 Å². The van der Waals surface area contributed by atoms with Gasteiger partial charge in [0.05, 0.1) is 5.75 Å². The summed E-state index contributed by atoms with van der Waals surface area (Å²) in [5.74, 6) is -1.65. The third kappa shape index (κ3) is 4.59. The van der Waals surface area contributed by atoms with Gasteiger partial charge in [-0.15, -0.1) is 0 Å². The van der Waals surface area contributed by atoms with E-state index in [9.17, 15) is 17.2 Å². The summed E-state index contributed by atoms with van der Waals surface area (Å²) in [6.07, 6.45) is 1.31. The molecular formula is C19H22F2N2O2S. The van der Waals surface area contributed by atoms with Crippen molar-refractivity contribution in [2.45, 2.75) is 12.8 Å². The van der Waals surface area contributed by atoms with Gasteiger partial charge in [-0.1, -0.05) is 30.3 Å². The number of sulfonamides is 1. The second-order valence-electron chi connectivity index (χ2n) is 6.39. The van der Waals surface area contributed by atoms with Crippen molar-refractivity contribution in [1.82, 2.24) is 4.31 Å². The van der Waals surface area contributed by atoms with E-state index in [-0.39, 0.29) is 5.75 Å². The summed E-state index contributed by atoms with van der Waals surface area (Å²) < 4.78 is 52.9. The van der Waals surface area contributed by atoms with Gasteiger partial charge in [0.25, 0.3) is 0 Å². The topological polar surface area (TPSA) is 40.6 Å². The molecule has 1 saturated heterocycles. The molecule has 1 aliphatic heterocycles. The second kappa shape index (κ2) is 8.14. The number of halogens is 2. The molecule has 2 aromatic carbocycles. The summed E-state index contributed by atoms with van der Waals surface area (Å²) in [6, 6.07) is 13.6. The van der Waals surface area contributed by atoms with Crippen LogP contribution in [0.15, 0.2) is 48.5 Å². The number of piperazine rings is 1. The Morgan fingerprint density at radius 1 is 0.885 bits per heavy atom. The standard InChI is InChI=1S/C19H22F2N2O2S/c20-18-9-8-17(15-19(18)21)22-10-12-23(13-11-22)26(24,25)14-4-7-16-5-2-1-3-6-16/h1-3,5-6,8-9,15H,4,7,10-14H2. The fourth-order valence-corrected chi connectivity index (χ4v) is 4.63. The molecule has 0 N–H and O–H groups in total. The molecule has 7 heteroatoms. The van der Waals surface area contributed by atoms with Crippen molar-refractivity contribution in [3.8, 4) is 0 Å². The van der Waals surface area contributed by atoms with Gasteiger partial charge in [-0.05, 0) is 30.5 Å². The molecule has 0 amide bonds. The molecule has 0 unspecified atom stereocenters. The molecule has 1 heterocycles. The molecule has 0 spiro atoms. The van der Waals surface area contributed by atoms with E-state index >= 15 is 0 Å². The Hall–Kier alpha value is -1.99. The van der Waals surface area contributed by atoms with E-state index in [0.717, 1.165) is 24.1 Å². The summed E-state index contributed by atoms with van der Waals surface area (Å²) >= 11 is 0. The zero-order valence-electron chi connectivity index (χ0n) is 14.4. The van der Waals surface area contributed by atoms with Crippen LogP contribution in [0, 0.1) is 11.6 Å². The maximum atomic E-state index is 13.4. The third-order valence-electron chi connectivity index (χ3n) is 4.61. The minimum atomic E-state index is -3.30. The normalized spacial score (nSPS) is 16.0. The number of anilines is 1. The van der Waals surface area contributed by atoms with Gasteiger partial charge < -0.3 is 4.90 Å². The SMILES string of the molecule is O=S(=O)(CCCc1ccccc1)N1CCN(c2ccc(F)c(F)c2)CC1. The molecule has 0 atom stereocenters. The quantitative estimate of drug-likeness (QED) is 0.773. The van der Waals surface area contributed by atoms with Gasteiger partial charge in [0.2, 0.25) is 10.0 Å². The van der Waals surface area contributed by atoms with Crippen molar-refractivity contribution >= 4 is 15.7 Å². The predicted molar refractivity (Wildman–Crippen MR) is 98.7 cm³/mol. The lowest BCUT2D eigenvalue weighted by atomic mass is 10.1. The molecule has 140 valence electrons. The first-order valence-electron chi connectivity index (χ1n) is 8.67. The summed E-state index contributed by atoms with van der Waals surface area (Å²) in [5.41, 5.74) is 1.70. The minimum Gasteiger partial charge on any atom is -0.369 e. The smallest absolute Gasteiger partial charge is 0.214 e. The summed E-state index contributed by atoms with van der Waals surface area (Å²) in [5, 5.41) is 0. The van der Waals surface area contributed by atoms with E-state index in [4.69, 9.17) is 0 Å². The Labute approximate surface area is 153 Å². The lowest BCUT2D eigenvalue weighted by Gasteiger charge is -2.35. The molecule has 0 aromatic heterocycles. The van der Waals surface area contributed by atoms with Crippen LogP contribution >= 0.6 is 0 Å².